The first-order valence-corrected chi connectivity index (χ1v) is 8.44. The van der Waals surface area contributed by atoms with Gasteiger partial charge in [-0.1, -0.05) is 16.8 Å². The molecule has 4 aromatic rings. The summed E-state index contributed by atoms with van der Waals surface area (Å²) in [5, 5.41) is 7.95. The smallest absolute Gasteiger partial charge is 0.287 e. The average molecular weight is 384 g/mol. The highest BCUT2D eigenvalue weighted by Crippen LogP contribution is 2.23. The maximum atomic E-state index is 12.3. The van der Waals surface area contributed by atoms with Crippen molar-refractivity contribution in [3.8, 4) is 17.1 Å². The van der Waals surface area contributed by atoms with E-state index in [-0.39, 0.29) is 24.1 Å². The Morgan fingerprint density at radius 2 is 2.00 bits per heavy atom. The van der Waals surface area contributed by atoms with E-state index >= 15 is 0 Å². The predicted octanol–water partition coefficient (Wildman–Crippen LogP) is 4.07. The molecule has 0 radical (unpaired) electrons. The van der Waals surface area contributed by atoms with Gasteiger partial charge in [-0.3, -0.25) is 4.79 Å². The van der Waals surface area contributed by atoms with Crippen molar-refractivity contribution in [1.82, 2.24) is 15.5 Å². The van der Waals surface area contributed by atoms with Gasteiger partial charge in [0.05, 0.1) is 13.7 Å². The monoisotopic (exact) mass is 383 g/mol. The summed E-state index contributed by atoms with van der Waals surface area (Å²) in [6, 6.07) is 14.0. The Kier molecular flexibility index (Phi) is 4.52. The SMILES string of the molecule is COc1ccc(-c2noc(CNC(=O)c3cc4cc(Cl)ccc4o3)n2)cc1. The van der Waals surface area contributed by atoms with E-state index in [0.717, 1.165) is 16.7 Å². The van der Waals surface area contributed by atoms with Gasteiger partial charge in [0.2, 0.25) is 11.7 Å². The molecule has 1 amide bonds. The molecular formula is C19H14ClN3O4. The first kappa shape index (κ1) is 17.1. The average Bonchev–Trinajstić information content (AvgIpc) is 3.33. The Morgan fingerprint density at radius 3 is 2.78 bits per heavy atom. The van der Waals surface area contributed by atoms with Crippen molar-refractivity contribution in [2.24, 2.45) is 0 Å². The molecule has 0 spiro atoms. The van der Waals surface area contributed by atoms with Crippen LogP contribution < -0.4 is 10.1 Å². The van der Waals surface area contributed by atoms with Crippen molar-refractivity contribution in [3.05, 3.63) is 65.2 Å². The number of benzene rings is 2. The third-order valence-corrected chi connectivity index (χ3v) is 4.15. The zero-order valence-corrected chi connectivity index (χ0v) is 15.0. The highest BCUT2D eigenvalue weighted by Gasteiger charge is 2.15. The van der Waals surface area contributed by atoms with Crippen molar-refractivity contribution >= 4 is 28.5 Å². The van der Waals surface area contributed by atoms with Gasteiger partial charge in [-0.25, -0.2) is 0 Å². The Morgan fingerprint density at radius 1 is 1.19 bits per heavy atom. The van der Waals surface area contributed by atoms with E-state index in [9.17, 15) is 4.79 Å². The molecule has 0 aliphatic rings. The van der Waals surface area contributed by atoms with Crippen molar-refractivity contribution < 1.29 is 18.5 Å². The molecule has 0 bridgehead atoms. The number of amides is 1. The highest BCUT2D eigenvalue weighted by atomic mass is 35.5. The lowest BCUT2D eigenvalue weighted by Gasteiger charge is -1.99. The summed E-state index contributed by atoms with van der Waals surface area (Å²) >= 11 is 5.94. The number of methoxy groups -OCH3 is 1. The number of nitrogens with one attached hydrogen (secondary N) is 1. The van der Waals surface area contributed by atoms with Crippen LogP contribution in [-0.4, -0.2) is 23.2 Å². The number of aromatic nitrogens is 2. The molecule has 0 aliphatic heterocycles. The van der Waals surface area contributed by atoms with Gasteiger partial charge < -0.3 is 19.0 Å². The van der Waals surface area contributed by atoms with E-state index in [2.05, 4.69) is 15.5 Å². The minimum absolute atomic E-state index is 0.0831. The Bertz CT molecular complexity index is 1100. The molecule has 136 valence electrons. The largest absolute Gasteiger partial charge is 0.497 e. The van der Waals surface area contributed by atoms with Crippen molar-refractivity contribution in [2.45, 2.75) is 6.54 Å². The van der Waals surface area contributed by atoms with Crippen LogP contribution in [0.3, 0.4) is 0 Å². The summed E-state index contributed by atoms with van der Waals surface area (Å²) < 4.78 is 15.8. The summed E-state index contributed by atoms with van der Waals surface area (Å²) in [4.78, 5) is 16.6. The van der Waals surface area contributed by atoms with E-state index in [0.29, 0.717) is 16.4 Å². The molecule has 0 saturated carbocycles. The standard InChI is InChI=1S/C19H14ClN3O4/c1-25-14-5-2-11(3-6-14)18-22-17(27-23-18)10-21-19(24)16-9-12-8-13(20)4-7-15(12)26-16/h2-9H,10H2,1H3,(H,21,24). The molecule has 7 nitrogen and oxygen atoms in total. The van der Waals surface area contributed by atoms with E-state index in [1.807, 2.05) is 12.1 Å². The highest BCUT2D eigenvalue weighted by molar-refractivity contribution is 6.31. The second-order valence-corrected chi connectivity index (χ2v) is 6.15. The third-order valence-electron chi connectivity index (χ3n) is 3.92. The van der Waals surface area contributed by atoms with E-state index < -0.39 is 0 Å². The van der Waals surface area contributed by atoms with Crippen LogP contribution in [0.15, 0.2) is 57.5 Å². The van der Waals surface area contributed by atoms with Crippen LogP contribution in [0.1, 0.15) is 16.4 Å². The summed E-state index contributed by atoms with van der Waals surface area (Å²) in [7, 11) is 1.60. The zero-order chi connectivity index (χ0) is 18.8. The first-order chi connectivity index (χ1) is 13.1. The summed E-state index contributed by atoms with van der Waals surface area (Å²) in [6.07, 6.45) is 0. The molecule has 0 unspecified atom stereocenters. The number of rotatable bonds is 5. The van der Waals surface area contributed by atoms with E-state index in [1.54, 1.807) is 43.5 Å². The fourth-order valence-corrected chi connectivity index (χ4v) is 2.73. The molecule has 8 heteroatoms. The zero-order valence-electron chi connectivity index (χ0n) is 14.2. The molecular weight excluding hydrogens is 370 g/mol. The molecule has 2 aromatic heterocycles. The number of nitrogens with zero attached hydrogens (tertiary/aromatic N) is 2. The van der Waals surface area contributed by atoms with Crippen LogP contribution in [0.25, 0.3) is 22.4 Å². The second-order valence-electron chi connectivity index (χ2n) is 5.72. The van der Waals surface area contributed by atoms with Crippen LogP contribution in [0.4, 0.5) is 0 Å². The van der Waals surface area contributed by atoms with Gasteiger partial charge in [-0.2, -0.15) is 4.98 Å². The maximum Gasteiger partial charge on any atom is 0.287 e. The Hall–Kier alpha value is -3.32. The number of furan rings is 1. The molecule has 0 aliphatic carbocycles. The quantitative estimate of drug-likeness (QED) is 0.558. The number of hydrogen-bond donors (Lipinski definition) is 1. The number of halogens is 1. The normalized spacial score (nSPS) is 10.9. The van der Waals surface area contributed by atoms with Crippen LogP contribution in [0.2, 0.25) is 5.02 Å². The van der Waals surface area contributed by atoms with Crippen molar-refractivity contribution in [3.63, 3.8) is 0 Å². The minimum Gasteiger partial charge on any atom is -0.497 e. The number of ether oxygens (including phenoxy) is 1. The predicted molar refractivity (Wildman–Crippen MR) is 98.7 cm³/mol. The fourth-order valence-electron chi connectivity index (χ4n) is 2.55. The first-order valence-electron chi connectivity index (χ1n) is 8.07. The molecule has 2 aromatic carbocycles. The van der Waals surface area contributed by atoms with Gasteiger partial charge in [0.1, 0.15) is 11.3 Å². The van der Waals surface area contributed by atoms with E-state index in [4.69, 9.17) is 25.3 Å². The van der Waals surface area contributed by atoms with Gasteiger partial charge in [0.15, 0.2) is 5.76 Å². The van der Waals surface area contributed by atoms with Crippen molar-refractivity contribution in [1.29, 1.82) is 0 Å². The Balaban J connectivity index is 1.43. The molecule has 1 N–H and O–H groups in total. The second kappa shape index (κ2) is 7.13. The number of carbonyl (C=O) groups is 1. The fraction of sp³-hybridized carbons (Fsp3) is 0.105. The third kappa shape index (κ3) is 3.63. The van der Waals surface area contributed by atoms with Gasteiger partial charge in [-0.05, 0) is 48.5 Å². The van der Waals surface area contributed by atoms with Gasteiger partial charge in [0, 0.05) is 16.0 Å². The number of fused-ring (bicyclic) bond motifs is 1. The maximum absolute atomic E-state index is 12.3. The van der Waals surface area contributed by atoms with Crippen LogP contribution in [0.5, 0.6) is 5.75 Å². The van der Waals surface area contributed by atoms with Gasteiger partial charge in [0.25, 0.3) is 5.91 Å². The Labute approximate surface area is 158 Å². The van der Waals surface area contributed by atoms with E-state index in [1.165, 1.54) is 0 Å². The summed E-state index contributed by atoms with van der Waals surface area (Å²) in [5.74, 6) is 1.25. The van der Waals surface area contributed by atoms with Gasteiger partial charge >= 0.3 is 0 Å². The van der Waals surface area contributed by atoms with Crippen LogP contribution in [-0.2, 0) is 6.54 Å². The molecule has 0 fully saturated rings. The molecule has 0 saturated heterocycles. The lowest BCUT2D eigenvalue weighted by atomic mass is 10.2. The molecule has 27 heavy (non-hydrogen) atoms. The molecule has 2 heterocycles. The number of carbonyl (C=O) groups excluding carboxylic acids is 1. The van der Waals surface area contributed by atoms with Crippen molar-refractivity contribution in [2.75, 3.05) is 7.11 Å². The molecule has 0 atom stereocenters. The molecule has 4 rings (SSSR count). The van der Waals surface area contributed by atoms with Crippen LogP contribution in [0, 0.1) is 0 Å². The van der Waals surface area contributed by atoms with Crippen LogP contribution >= 0.6 is 11.6 Å². The number of hydrogen-bond acceptors (Lipinski definition) is 6. The summed E-state index contributed by atoms with van der Waals surface area (Å²) in [5.41, 5.74) is 1.37. The minimum atomic E-state index is -0.383. The topological polar surface area (TPSA) is 90.4 Å². The lowest BCUT2D eigenvalue weighted by Crippen LogP contribution is -2.22. The summed E-state index contributed by atoms with van der Waals surface area (Å²) in [6.45, 7) is 0.0831. The van der Waals surface area contributed by atoms with Gasteiger partial charge in [-0.15, -0.1) is 0 Å². The lowest BCUT2D eigenvalue weighted by molar-refractivity contribution is 0.0920.